The molecular formula is C12H15N3O2. The molecule has 0 saturated carbocycles. The average molecular weight is 233 g/mol. The summed E-state index contributed by atoms with van der Waals surface area (Å²) in [5.74, 6) is -0.862. The lowest BCUT2D eigenvalue weighted by atomic mass is 10.1. The van der Waals surface area contributed by atoms with Crippen LogP contribution in [0.3, 0.4) is 0 Å². The maximum absolute atomic E-state index is 11.2. The van der Waals surface area contributed by atoms with Crippen molar-refractivity contribution in [2.45, 2.75) is 25.8 Å². The van der Waals surface area contributed by atoms with Crippen LogP contribution in [-0.2, 0) is 4.79 Å². The number of carboxylic acid groups (broad SMARTS) is 1. The van der Waals surface area contributed by atoms with Gasteiger partial charge in [0.15, 0.2) is 0 Å². The summed E-state index contributed by atoms with van der Waals surface area (Å²) in [5.41, 5.74) is 7.09. The van der Waals surface area contributed by atoms with Gasteiger partial charge in [0.05, 0.1) is 11.7 Å². The third-order valence-electron chi connectivity index (χ3n) is 2.76. The van der Waals surface area contributed by atoms with Gasteiger partial charge in [-0.2, -0.15) is 5.10 Å². The lowest BCUT2D eigenvalue weighted by Gasteiger charge is -2.13. The first kappa shape index (κ1) is 11.4. The van der Waals surface area contributed by atoms with Crippen molar-refractivity contribution >= 4 is 22.6 Å². The molecule has 0 saturated heterocycles. The summed E-state index contributed by atoms with van der Waals surface area (Å²) in [6.07, 6.45) is 3.02. The summed E-state index contributed by atoms with van der Waals surface area (Å²) in [6, 6.07) is 4.76. The molecule has 0 aliphatic carbocycles. The van der Waals surface area contributed by atoms with Crippen LogP contribution in [-0.4, -0.2) is 20.9 Å². The maximum Gasteiger partial charge on any atom is 0.328 e. The van der Waals surface area contributed by atoms with Gasteiger partial charge < -0.3 is 10.8 Å². The highest BCUT2D eigenvalue weighted by molar-refractivity contribution is 5.84. The SMILES string of the molecule is CCCC(C(=O)O)n1ncc2ccc(N)cc21. The van der Waals surface area contributed by atoms with Gasteiger partial charge in [-0.1, -0.05) is 13.3 Å². The standard InChI is InChI=1S/C12H15N3O2/c1-2-3-10(12(16)17)15-11-6-9(13)5-4-8(11)7-14-15/h4-7,10H,2-3,13H2,1H3,(H,16,17). The minimum absolute atomic E-state index is 0.556. The zero-order valence-electron chi connectivity index (χ0n) is 9.63. The van der Waals surface area contributed by atoms with E-state index < -0.39 is 12.0 Å². The third-order valence-corrected chi connectivity index (χ3v) is 2.76. The van der Waals surface area contributed by atoms with Crippen molar-refractivity contribution in [3.05, 3.63) is 24.4 Å². The predicted molar refractivity (Wildman–Crippen MR) is 65.7 cm³/mol. The van der Waals surface area contributed by atoms with E-state index in [0.717, 1.165) is 17.3 Å². The number of anilines is 1. The molecule has 17 heavy (non-hydrogen) atoms. The third kappa shape index (κ3) is 2.08. The molecule has 0 bridgehead atoms. The van der Waals surface area contributed by atoms with Gasteiger partial charge in [-0.25, -0.2) is 4.79 Å². The molecule has 90 valence electrons. The van der Waals surface area contributed by atoms with Gasteiger partial charge in [0.25, 0.3) is 0 Å². The molecule has 1 unspecified atom stereocenters. The highest BCUT2D eigenvalue weighted by Gasteiger charge is 2.21. The Bertz CT molecular complexity index is 548. The number of benzene rings is 1. The Balaban J connectivity index is 2.53. The number of rotatable bonds is 4. The summed E-state index contributed by atoms with van der Waals surface area (Å²) in [5, 5.41) is 14.3. The van der Waals surface area contributed by atoms with Gasteiger partial charge in [0.1, 0.15) is 6.04 Å². The zero-order chi connectivity index (χ0) is 12.4. The largest absolute Gasteiger partial charge is 0.480 e. The molecule has 0 fully saturated rings. The molecule has 0 aliphatic rings. The summed E-state index contributed by atoms with van der Waals surface area (Å²) in [4.78, 5) is 11.2. The monoisotopic (exact) mass is 233 g/mol. The van der Waals surface area contributed by atoms with Crippen LogP contribution in [0.1, 0.15) is 25.8 Å². The molecule has 0 radical (unpaired) electrons. The molecule has 0 spiro atoms. The quantitative estimate of drug-likeness (QED) is 0.792. The lowest BCUT2D eigenvalue weighted by molar-refractivity contribution is -0.141. The molecule has 1 aromatic heterocycles. The summed E-state index contributed by atoms with van der Waals surface area (Å²) in [6.45, 7) is 1.95. The van der Waals surface area contributed by atoms with Crippen LogP contribution in [0.4, 0.5) is 5.69 Å². The highest BCUT2D eigenvalue weighted by Crippen LogP contribution is 2.23. The Morgan fingerprint density at radius 1 is 1.59 bits per heavy atom. The van der Waals surface area contributed by atoms with E-state index in [2.05, 4.69) is 5.10 Å². The van der Waals surface area contributed by atoms with Gasteiger partial charge in [-0.3, -0.25) is 4.68 Å². The van der Waals surface area contributed by atoms with E-state index in [1.165, 1.54) is 4.68 Å². The molecule has 3 N–H and O–H groups in total. The molecule has 2 aromatic rings. The van der Waals surface area contributed by atoms with Crippen molar-refractivity contribution in [2.75, 3.05) is 5.73 Å². The number of carbonyl (C=O) groups is 1. The van der Waals surface area contributed by atoms with Gasteiger partial charge in [0, 0.05) is 11.1 Å². The Labute approximate surface area is 98.8 Å². The molecule has 5 nitrogen and oxygen atoms in total. The van der Waals surface area contributed by atoms with Gasteiger partial charge in [-0.05, 0) is 24.6 Å². The average Bonchev–Trinajstić information content (AvgIpc) is 2.68. The first-order valence-electron chi connectivity index (χ1n) is 5.59. The summed E-state index contributed by atoms with van der Waals surface area (Å²) in [7, 11) is 0. The molecule has 0 aliphatic heterocycles. The summed E-state index contributed by atoms with van der Waals surface area (Å²) >= 11 is 0. The van der Waals surface area contributed by atoms with Crippen molar-refractivity contribution < 1.29 is 9.90 Å². The summed E-state index contributed by atoms with van der Waals surface area (Å²) < 4.78 is 1.54. The molecule has 1 heterocycles. The van der Waals surface area contributed by atoms with Crippen LogP contribution in [0.25, 0.3) is 10.9 Å². The number of carboxylic acids is 1. The first-order chi connectivity index (χ1) is 8.13. The van der Waals surface area contributed by atoms with E-state index in [1.54, 1.807) is 18.3 Å². The van der Waals surface area contributed by atoms with E-state index in [9.17, 15) is 9.90 Å². The number of nitrogens with zero attached hydrogens (tertiary/aromatic N) is 2. The number of hydrogen-bond donors (Lipinski definition) is 2. The van der Waals surface area contributed by atoms with Crippen LogP contribution in [0.2, 0.25) is 0 Å². The number of aromatic nitrogens is 2. The minimum Gasteiger partial charge on any atom is -0.480 e. The Hall–Kier alpha value is -2.04. The fourth-order valence-electron chi connectivity index (χ4n) is 1.93. The van der Waals surface area contributed by atoms with Crippen LogP contribution in [0.15, 0.2) is 24.4 Å². The number of hydrogen-bond acceptors (Lipinski definition) is 3. The van der Waals surface area contributed by atoms with E-state index in [1.807, 2.05) is 13.0 Å². The molecule has 1 aromatic carbocycles. The molecular weight excluding hydrogens is 218 g/mol. The zero-order valence-corrected chi connectivity index (χ0v) is 9.63. The number of nitrogen functional groups attached to an aromatic ring is 1. The van der Waals surface area contributed by atoms with E-state index in [4.69, 9.17) is 5.73 Å². The van der Waals surface area contributed by atoms with Crippen LogP contribution in [0.5, 0.6) is 0 Å². The number of aliphatic carboxylic acids is 1. The first-order valence-corrected chi connectivity index (χ1v) is 5.59. The topological polar surface area (TPSA) is 81.1 Å². The highest BCUT2D eigenvalue weighted by atomic mass is 16.4. The van der Waals surface area contributed by atoms with Crippen LogP contribution < -0.4 is 5.73 Å². The number of nitrogens with two attached hydrogens (primary N) is 1. The fourth-order valence-corrected chi connectivity index (χ4v) is 1.93. The fraction of sp³-hybridized carbons (Fsp3) is 0.333. The van der Waals surface area contributed by atoms with Crippen molar-refractivity contribution in [2.24, 2.45) is 0 Å². The Kier molecular flexibility index (Phi) is 2.99. The maximum atomic E-state index is 11.2. The lowest BCUT2D eigenvalue weighted by Crippen LogP contribution is -2.19. The van der Waals surface area contributed by atoms with Crippen LogP contribution in [0, 0.1) is 0 Å². The van der Waals surface area contributed by atoms with E-state index in [0.29, 0.717) is 12.1 Å². The second kappa shape index (κ2) is 4.45. The second-order valence-electron chi connectivity index (χ2n) is 4.05. The van der Waals surface area contributed by atoms with E-state index in [-0.39, 0.29) is 0 Å². The smallest absolute Gasteiger partial charge is 0.328 e. The van der Waals surface area contributed by atoms with Gasteiger partial charge >= 0.3 is 5.97 Å². The van der Waals surface area contributed by atoms with Crippen molar-refractivity contribution in [1.82, 2.24) is 9.78 Å². The molecule has 2 rings (SSSR count). The van der Waals surface area contributed by atoms with Gasteiger partial charge in [-0.15, -0.1) is 0 Å². The van der Waals surface area contributed by atoms with Crippen molar-refractivity contribution in [1.29, 1.82) is 0 Å². The molecule has 0 amide bonds. The van der Waals surface area contributed by atoms with Crippen LogP contribution >= 0.6 is 0 Å². The number of fused-ring (bicyclic) bond motifs is 1. The molecule has 5 heteroatoms. The van der Waals surface area contributed by atoms with E-state index >= 15 is 0 Å². The van der Waals surface area contributed by atoms with Crippen molar-refractivity contribution in [3.8, 4) is 0 Å². The van der Waals surface area contributed by atoms with Crippen molar-refractivity contribution in [3.63, 3.8) is 0 Å². The Morgan fingerprint density at radius 2 is 2.35 bits per heavy atom. The Morgan fingerprint density at radius 3 is 3.00 bits per heavy atom. The molecule has 1 atom stereocenters. The van der Waals surface area contributed by atoms with Gasteiger partial charge in [0.2, 0.25) is 0 Å². The predicted octanol–water partition coefficient (Wildman–Crippen LogP) is 2.04. The normalized spacial score (nSPS) is 12.8. The minimum atomic E-state index is -0.862. The second-order valence-corrected chi connectivity index (χ2v) is 4.05.